The molecule has 0 radical (unpaired) electrons. The van der Waals surface area contributed by atoms with Crippen molar-refractivity contribution >= 4 is 27.3 Å². The maximum atomic E-state index is 14.2. The van der Waals surface area contributed by atoms with Crippen molar-refractivity contribution in [2.24, 2.45) is 0 Å². The van der Waals surface area contributed by atoms with Crippen LogP contribution in [-0.2, 0) is 14.8 Å². The van der Waals surface area contributed by atoms with Crippen LogP contribution in [0.5, 0.6) is 5.75 Å². The van der Waals surface area contributed by atoms with Crippen LogP contribution in [0.25, 0.3) is 5.70 Å². The Bertz CT molecular complexity index is 1110. The van der Waals surface area contributed by atoms with Crippen molar-refractivity contribution in [1.29, 1.82) is 0 Å². The van der Waals surface area contributed by atoms with E-state index in [9.17, 15) is 26.4 Å². The van der Waals surface area contributed by atoms with Gasteiger partial charge in [0.1, 0.15) is 0 Å². The molecular formula is C20H20F3N3O4S. The molecular weight excluding hydrogens is 435 g/mol. The zero-order valence-corrected chi connectivity index (χ0v) is 17.5. The van der Waals surface area contributed by atoms with Gasteiger partial charge in [0.15, 0.2) is 11.6 Å². The van der Waals surface area contributed by atoms with Crippen molar-refractivity contribution in [2.75, 3.05) is 18.7 Å². The first-order chi connectivity index (χ1) is 14.7. The minimum atomic E-state index is -4.04. The van der Waals surface area contributed by atoms with Gasteiger partial charge in [-0.3, -0.25) is 4.79 Å². The summed E-state index contributed by atoms with van der Waals surface area (Å²) >= 11 is 0. The fraction of sp³-hybridized carbons (Fsp3) is 0.250. The molecule has 31 heavy (non-hydrogen) atoms. The fourth-order valence-corrected chi connectivity index (χ4v) is 4.04. The number of nitrogens with zero attached hydrogens (tertiary/aromatic N) is 2. The highest BCUT2D eigenvalue weighted by Gasteiger charge is 2.29. The lowest BCUT2D eigenvalue weighted by Crippen LogP contribution is -2.30. The number of sulfonamides is 1. The predicted octanol–water partition coefficient (Wildman–Crippen LogP) is 3.35. The summed E-state index contributed by atoms with van der Waals surface area (Å²) in [7, 11) is -2.73. The van der Waals surface area contributed by atoms with Crippen molar-refractivity contribution in [3.05, 3.63) is 60.0 Å². The molecule has 0 spiro atoms. The lowest BCUT2D eigenvalue weighted by atomic mass is 10.1. The van der Waals surface area contributed by atoms with E-state index in [1.165, 1.54) is 67.6 Å². The van der Waals surface area contributed by atoms with Gasteiger partial charge >= 0.3 is 6.55 Å². The van der Waals surface area contributed by atoms with Crippen LogP contribution in [0.1, 0.15) is 18.9 Å². The van der Waals surface area contributed by atoms with E-state index < -0.39 is 28.3 Å². The van der Waals surface area contributed by atoms with E-state index in [-0.39, 0.29) is 23.7 Å². The zero-order valence-electron chi connectivity index (χ0n) is 16.7. The minimum absolute atomic E-state index is 0.00112. The number of amides is 1. The van der Waals surface area contributed by atoms with E-state index in [1.807, 2.05) is 4.72 Å². The molecule has 2 aromatic carbocycles. The molecule has 1 aliphatic heterocycles. The third kappa shape index (κ3) is 4.76. The Hall–Kier alpha value is -3.21. The summed E-state index contributed by atoms with van der Waals surface area (Å²) in [5.41, 5.74) is 1.05. The largest absolute Gasteiger partial charge is 0.494 e. The first kappa shape index (κ1) is 22.5. The molecule has 0 bridgehead atoms. The number of hydrogen-bond acceptors (Lipinski definition) is 6. The van der Waals surface area contributed by atoms with Gasteiger partial charge in [0.25, 0.3) is 10.0 Å². The Labute approximate surface area is 177 Å². The summed E-state index contributed by atoms with van der Waals surface area (Å²) < 4.78 is 72.1. The number of carbonyl (C=O) groups excluding carboxylic acids is 1. The molecule has 0 fully saturated rings. The molecule has 166 valence electrons. The molecule has 0 aliphatic carbocycles. The first-order valence-electron chi connectivity index (χ1n) is 9.19. The first-order valence-corrected chi connectivity index (χ1v) is 10.7. The number of carbonyl (C=O) groups is 1. The van der Waals surface area contributed by atoms with Gasteiger partial charge in [-0.05, 0) is 42.5 Å². The Morgan fingerprint density at radius 3 is 2.42 bits per heavy atom. The van der Waals surface area contributed by atoms with E-state index in [2.05, 4.69) is 0 Å². The second-order valence-corrected chi connectivity index (χ2v) is 8.28. The maximum Gasteiger partial charge on any atom is 0.316 e. The minimum Gasteiger partial charge on any atom is -0.494 e. The summed E-state index contributed by atoms with van der Waals surface area (Å²) in [4.78, 5) is 13.5. The van der Waals surface area contributed by atoms with Crippen molar-refractivity contribution in [3.8, 4) is 5.75 Å². The summed E-state index contributed by atoms with van der Waals surface area (Å²) in [5.74, 6) is -1.28. The maximum absolute atomic E-state index is 14.2. The van der Waals surface area contributed by atoms with Crippen LogP contribution in [0.3, 0.4) is 0 Å². The Kier molecular flexibility index (Phi) is 6.44. The molecule has 1 heterocycles. The molecule has 7 nitrogen and oxygen atoms in total. The highest BCUT2D eigenvalue weighted by atomic mass is 32.2. The van der Waals surface area contributed by atoms with Crippen LogP contribution in [0.15, 0.2) is 53.6 Å². The van der Waals surface area contributed by atoms with Crippen LogP contribution in [0, 0.1) is 5.82 Å². The number of hydrogen-bond donors (Lipinski definition) is 1. The highest BCUT2D eigenvalue weighted by molar-refractivity contribution is 7.90. The average Bonchev–Trinajstić information content (AvgIpc) is 3.19. The standard InChI is InChI=1S/C20H20F3N3O4S/c1-3-19(27)24-31(28,29)15-7-5-14(6-8-15)26-12-25(20(22)23)11-17(26)13-4-9-18(30-2)16(21)10-13/h4-11,20H,3,12H2,1-2H3,(H,24,27). The van der Waals surface area contributed by atoms with Gasteiger partial charge in [-0.15, -0.1) is 0 Å². The molecule has 0 atom stereocenters. The van der Waals surface area contributed by atoms with Gasteiger partial charge in [-0.2, -0.15) is 8.78 Å². The summed E-state index contributed by atoms with van der Waals surface area (Å²) in [6.45, 7) is -1.49. The van der Waals surface area contributed by atoms with Crippen LogP contribution < -0.4 is 14.4 Å². The lowest BCUT2D eigenvalue weighted by molar-refractivity contribution is -0.119. The zero-order chi connectivity index (χ0) is 22.8. The van der Waals surface area contributed by atoms with Gasteiger partial charge in [0.05, 0.1) is 24.4 Å². The number of rotatable bonds is 7. The number of benzene rings is 2. The molecule has 2 aromatic rings. The topological polar surface area (TPSA) is 79.0 Å². The summed E-state index contributed by atoms with van der Waals surface area (Å²) in [6.07, 6.45) is 1.21. The molecule has 0 unspecified atom stereocenters. The van der Waals surface area contributed by atoms with Crippen molar-refractivity contribution < 1.29 is 31.1 Å². The molecule has 1 amide bonds. The summed E-state index contributed by atoms with van der Waals surface area (Å²) in [5, 5.41) is 0. The Balaban J connectivity index is 1.94. The molecule has 1 aliphatic rings. The van der Waals surface area contributed by atoms with Crippen LogP contribution in [0.2, 0.25) is 0 Å². The van der Waals surface area contributed by atoms with Crippen LogP contribution in [0.4, 0.5) is 18.9 Å². The SMILES string of the molecule is CCC(=O)NS(=O)(=O)c1ccc(N2CN(C(F)F)C=C2c2ccc(OC)c(F)c2)cc1. The second-order valence-electron chi connectivity index (χ2n) is 6.60. The molecule has 0 aromatic heterocycles. The number of halogens is 3. The highest BCUT2D eigenvalue weighted by Crippen LogP contribution is 2.34. The summed E-state index contributed by atoms with van der Waals surface area (Å²) in [6, 6.07) is 9.47. The van der Waals surface area contributed by atoms with Crippen LogP contribution in [-0.4, -0.2) is 39.6 Å². The quantitative estimate of drug-likeness (QED) is 0.646. The van der Waals surface area contributed by atoms with Crippen molar-refractivity contribution in [3.63, 3.8) is 0 Å². The third-order valence-electron chi connectivity index (χ3n) is 4.61. The number of nitrogens with one attached hydrogen (secondary N) is 1. The monoisotopic (exact) mass is 455 g/mol. The van der Waals surface area contributed by atoms with E-state index in [1.54, 1.807) is 0 Å². The molecule has 3 rings (SSSR count). The van der Waals surface area contributed by atoms with E-state index in [4.69, 9.17) is 4.74 Å². The van der Waals surface area contributed by atoms with Gasteiger partial charge in [-0.1, -0.05) is 6.92 Å². The third-order valence-corrected chi connectivity index (χ3v) is 6.00. The Morgan fingerprint density at radius 1 is 1.19 bits per heavy atom. The van der Waals surface area contributed by atoms with Gasteiger partial charge in [-0.25, -0.2) is 17.5 Å². The lowest BCUT2D eigenvalue weighted by Gasteiger charge is -2.24. The molecule has 1 N–H and O–H groups in total. The van der Waals surface area contributed by atoms with Crippen LogP contribution >= 0.6 is 0 Å². The predicted molar refractivity (Wildman–Crippen MR) is 108 cm³/mol. The average molecular weight is 455 g/mol. The fourth-order valence-electron chi connectivity index (χ4n) is 2.99. The number of ether oxygens (including phenoxy) is 1. The van der Waals surface area contributed by atoms with E-state index in [0.717, 1.165) is 4.90 Å². The number of alkyl halides is 2. The molecule has 11 heteroatoms. The smallest absolute Gasteiger partial charge is 0.316 e. The van der Waals surface area contributed by atoms with Gasteiger partial charge < -0.3 is 14.5 Å². The number of methoxy groups -OCH3 is 1. The number of anilines is 1. The second kappa shape index (κ2) is 8.88. The van der Waals surface area contributed by atoms with Gasteiger partial charge in [0.2, 0.25) is 5.91 Å². The molecule has 0 saturated heterocycles. The molecule has 0 saturated carbocycles. The Morgan fingerprint density at radius 2 is 1.87 bits per heavy atom. The normalized spacial score (nSPS) is 14.1. The van der Waals surface area contributed by atoms with Crippen molar-refractivity contribution in [2.45, 2.75) is 24.8 Å². The van der Waals surface area contributed by atoms with Crippen molar-refractivity contribution in [1.82, 2.24) is 9.62 Å². The van der Waals surface area contributed by atoms with E-state index >= 15 is 0 Å². The van der Waals surface area contributed by atoms with E-state index in [0.29, 0.717) is 16.9 Å². The van der Waals surface area contributed by atoms with Gasteiger partial charge in [0, 0.05) is 23.9 Å².